The Morgan fingerprint density at radius 2 is 2.26 bits per heavy atom. The lowest BCUT2D eigenvalue weighted by Crippen LogP contribution is -2.45. The summed E-state index contributed by atoms with van der Waals surface area (Å²) < 4.78 is 0. The first-order valence-corrected chi connectivity index (χ1v) is 6.56. The number of aliphatic carboxylic acids is 1. The van der Waals surface area contributed by atoms with Crippen LogP contribution in [-0.2, 0) is 11.2 Å². The fourth-order valence-corrected chi connectivity index (χ4v) is 2.36. The van der Waals surface area contributed by atoms with Gasteiger partial charge in [0.15, 0.2) is 0 Å². The first kappa shape index (κ1) is 13.5. The normalized spacial score (nSPS) is 19.4. The molecule has 0 radical (unpaired) electrons. The van der Waals surface area contributed by atoms with E-state index in [0.717, 1.165) is 19.3 Å². The number of carbonyl (C=O) groups excluding carboxylic acids is 1. The molecule has 1 fully saturated rings. The van der Waals surface area contributed by atoms with Gasteiger partial charge >= 0.3 is 5.97 Å². The highest BCUT2D eigenvalue weighted by atomic mass is 16.4. The minimum Gasteiger partial charge on any atom is -0.481 e. The Morgan fingerprint density at radius 3 is 2.89 bits per heavy atom. The van der Waals surface area contributed by atoms with Crippen LogP contribution in [0.15, 0.2) is 0 Å². The van der Waals surface area contributed by atoms with Crippen LogP contribution in [0.2, 0.25) is 0 Å². The van der Waals surface area contributed by atoms with Crippen LogP contribution < -0.4 is 0 Å². The number of H-pyrrole nitrogens is 1. The number of aromatic amines is 1. The molecule has 0 saturated carbocycles. The van der Waals surface area contributed by atoms with Gasteiger partial charge in [-0.1, -0.05) is 6.92 Å². The second-order valence-corrected chi connectivity index (χ2v) is 4.71. The maximum Gasteiger partial charge on any atom is 0.305 e. The Kier molecular flexibility index (Phi) is 4.13. The van der Waals surface area contributed by atoms with Gasteiger partial charge in [0.2, 0.25) is 5.82 Å². The smallest absolute Gasteiger partial charge is 0.305 e. The van der Waals surface area contributed by atoms with E-state index in [-0.39, 0.29) is 24.2 Å². The number of nitrogens with zero attached hydrogens (tertiary/aromatic N) is 3. The van der Waals surface area contributed by atoms with E-state index in [9.17, 15) is 9.59 Å². The summed E-state index contributed by atoms with van der Waals surface area (Å²) >= 11 is 0. The maximum absolute atomic E-state index is 12.3. The predicted octanol–water partition coefficient (Wildman–Crippen LogP) is 0.836. The largest absolute Gasteiger partial charge is 0.481 e. The molecule has 1 aromatic rings. The molecule has 7 heteroatoms. The molecule has 2 rings (SSSR count). The SMILES string of the molecule is CCc1nc(C(=O)N2CCCCC2CC(=O)O)n[nH]1. The van der Waals surface area contributed by atoms with Crippen LogP contribution in [0.3, 0.4) is 0 Å². The Balaban J connectivity index is 2.12. The fraction of sp³-hybridized carbons (Fsp3) is 0.667. The molecule has 19 heavy (non-hydrogen) atoms. The summed E-state index contributed by atoms with van der Waals surface area (Å²) in [5, 5.41) is 15.5. The van der Waals surface area contributed by atoms with Gasteiger partial charge in [-0.05, 0) is 19.3 Å². The number of carboxylic acids is 1. The van der Waals surface area contributed by atoms with E-state index in [4.69, 9.17) is 5.11 Å². The molecule has 1 saturated heterocycles. The van der Waals surface area contributed by atoms with E-state index in [1.165, 1.54) is 0 Å². The Hall–Kier alpha value is -1.92. The zero-order chi connectivity index (χ0) is 13.8. The fourth-order valence-electron chi connectivity index (χ4n) is 2.36. The molecule has 1 aromatic heterocycles. The molecular weight excluding hydrogens is 248 g/mol. The van der Waals surface area contributed by atoms with Gasteiger partial charge in [-0.3, -0.25) is 14.7 Å². The van der Waals surface area contributed by atoms with Gasteiger partial charge in [-0.2, -0.15) is 0 Å². The molecule has 1 amide bonds. The van der Waals surface area contributed by atoms with Crippen LogP contribution in [0.5, 0.6) is 0 Å². The van der Waals surface area contributed by atoms with Gasteiger partial charge in [-0.25, -0.2) is 4.98 Å². The van der Waals surface area contributed by atoms with Crippen molar-refractivity contribution in [3.63, 3.8) is 0 Å². The molecule has 2 heterocycles. The van der Waals surface area contributed by atoms with Gasteiger partial charge in [0.05, 0.1) is 6.42 Å². The van der Waals surface area contributed by atoms with Gasteiger partial charge in [0.1, 0.15) is 5.82 Å². The molecule has 104 valence electrons. The first-order chi connectivity index (χ1) is 9.11. The highest BCUT2D eigenvalue weighted by Crippen LogP contribution is 2.21. The number of aromatic nitrogens is 3. The molecule has 0 aliphatic carbocycles. The average Bonchev–Trinajstić information content (AvgIpc) is 2.86. The number of carbonyl (C=O) groups is 2. The maximum atomic E-state index is 12.3. The van der Waals surface area contributed by atoms with Crippen LogP contribution in [-0.4, -0.2) is 49.7 Å². The second-order valence-electron chi connectivity index (χ2n) is 4.71. The lowest BCUT2D eigenvalue weighted by atomic mass is 9.99. The topological polar surface area (TPSA) is 99.2 Å². The van der Waals surface area contributed by atoms with Crippen molar-refractivity contribution in [3.05, 3.63) is 11.6 Å². The predicted molar refractivity (Wildman–Crippen MR) is 66.7 cm³/mol. The monoisotopic (exact) mass is 266 g/mol. The molecule has 2 N–H and O–H groups in total. The summed E-state index contributed by atoms with van der Waals surface area (Å²) in [5.41, 5.74) is 0. The van der Waals surface area contributed by atoms with Crippen molar-refractivity contribution < 1.29 is 14.7 Å². The van der Waals surface area contributed by atoms with Crippen LogP contribution in [0, 0.1) is 0 Å². The zero-order valence-electron chi connectivity index (χ0n) is 10.9. The minimum absolute atomic E-state index is 0.0171. The summed E-state index contributed by atoms with van der Waals surface area (Å²) in [7, 11) is 0. The van der Waals surface area contributed by atoms with Crippen LogP contribution >= 0.6 is 0 Å². The Bertz CT molecular complexity index is 471. The van der Waals surface area contributed by atoms with Gasteiger partial charge in [0.25, 0.3) is 5.91 Å². The number of nitrogens with one attached hydrogen (secondary N) is 1. The van der Waals surface area contributed by atoms with Crippen molar-refractivity contribution in [2.45, 2.75) is 45.1 Å². The van der Waals surface area contributed by atoms with E-state index >= 15 is 0 Å². The third kappa shape index (κ3) is 3.10. The molecule has 1 aliphatic heterocycles. The third-order valence-corrected chi connectivity index (χ3v) is 3.36. The number of rotatable bonds is 4. The molecule has 0 spiro atoms. The molecular formula is C12H18N4O3. The van der Waals surface area contributed by atoms with Crippen LogP contribution in [0.25, 0.3) is 0 Å². The number of aryl methyl sites for hydroxylation is 1. The number of amides is 1. The summed E-state index contributed by atoms with van der Waals surface area (Å²) in [6.45, 7) is 2.50. The van der Waals surface area contributed by atoms with Gasteiger partial charge in [-0.15, -0.1) is 5.10 Å². The molecule has 0 bridgehead atoms. The van der Waals surface area contributed by atoms with E-state index in [0.29, 0.717) is 18.8 Å². The summed E-state index contributed by atoms with van der Waals surface area (Å²) in [6, 6.07) is -0.248. The lowest BCUT2D eigenvalue weighted by Gasteiger charge is -2.34. The molecule has 1 atom stereocenters. The van der Waals surface area contributed by atoms with E-state index in [1.54, 1.807) is 4.90 Å². The first-order valence-electron chi connectivity index (χ1n) is 6.56. The highest BCUT2D eigenvalue weighted by molar-refractivity contribution is 5.91. The van der Waals surface area contributed by atoms with E-state index in [1.807, 2.05) is 6.92 Å². The number of hydrogen-bond acceptors (Lipinski definition) is 4. The summed E-state index contributed by atoms with van der Waals surface area (Å²) in [6.07, 6.45) is 3.24. The molecule has 1 unspecified atom stereocenters. The van der Waals surface area contributed by atoms with Crippen molar-refractivity contribution in [3.8, 4) is 0 Å². The van der Waals surface area contributed by atoms with Crippen molar-refractivity contribution in [1.29, 1.82) is 0 Å². The number of hydrogen-bond donors (Lipinski definition) is 2. The summed E-state index contributed by atoms with van der Waals surface area (Å²) in [5.74, 6) is -0.361. The van der Waals surface area contributed by atoms with Crippen molar-refractivity contribution in [2.75, 3.05) is 6.54 Å². The van der Waals surface area contributed by atoms with E-state index < -0.39 is 5.97 Å². The highest BCUT2D eigenvalue weighted by Gasteiger charge is 2.30. The molecule has 1 aliphatic rings. The zero-order valence-corrected chi connectivity index (χ0v) is 10.9. The number of likely N-dealkylation sites (tertiary alicyclic amines) is 1. The van der Waals surface area contributed by atoms with Crippen molar-refractivity contribution in [1.82, 2.24) is 20.1 Å². The minimum atomic E-state index is -0.881. The Labute approximate surface area is 111 Å². The molecule has 7 nitrogen and oxygen atoms in total. The van der Waals surface area contributed by atoms with Crippen LogP contribution in [0.4, 0.5) is 0 Å². The quantitative estimate of drug-likeness (QED) is 0.841. The molecule has 0 aromatic carbocycles. The third-order valence-electron chi connectivity index (χ3n) is 3.36. The van der Waals surface area contributed by atoms with Crippen molar-refractivity contribution >= 4 is 11.9 Å². The Morgan fingerprint density at radius 1 is 1.47 bits per heavy atom. The van der Waals surface area contributed by atoms with E-state index in [2.05, 4.69) is 15.2 Å². The second kappa shape index (κ2) is 5.81. The number of piperidine rings is 1. The van der Waals surface area contributed by atoms with Gasteiger partial charge < -0.3 is 10.0 Å². The number of carboxylic acid groups (broad SMARTS) is 1. The van der Waals surface area contributed by atoms with Crippen LogP contribution in [0.1, 0.15) is 49.1 Å². The lowest BCUT2D eigenvalue weighted by molar-refractivity contribution is -0.138. The standard InChI is InChI=1S/C12H18N4O3/c1-2-9-13-11(15-14-9)12(19)16-6-4-3-5-8(16)7-10(17)18/h8H,2-7H2,1H3,(H,17,18)(H,13,14,15). The van der Waals surface area contributed by atoms with Crippen molar-refractivity contribution in [2.24, 2.45) is 0 Å². The van der Waals surface area contributed by atoms with Gasteiger partial charge in [0, 0.05) is 19.0 Å². The summed E-state index contributed by atoms with van der Waals surface area (Å²) in [4.78, 5) is 28.9. The average molecular weight is 266 g/mol.